The first-order chi connectivity index (χ1) is 11.2. The Balaban J connectivity index is 1.88. The van der Waals surface area contributed by atoms with Gasteiger partial charge in [0.25, 0.3) is 0 Å². The minimum Gasteiger partial charge on any atom is -0.390 e. The minimum absolute atomic E-state index is 0.0371. The fraction of sp³-hybridized carbons (Fsp3) is 0.905. The monoisotopic (exact) mass is 336 g/mol. The summed E-state index contributed by atoms with van der Waals surface area (Å²) in [7, 11) is 0. The van der Waals surface area contributed by atoms with Crippen LogP contribution in [0.2, 0.25) is 0 Å². The van der Waals surface area contributed by atoms with Gasteiger partial charge in [-0.05, 0) is 71.6 Å². The average molecular weight is 337 g/mol. The molecule has 3 aliphatic heterocycles. The largest absolute Gasteiger partial charge is 0.390 e. The Labute approximate surface area is 147 Å². The second-order valence-electron chi connectivity index (χ2n) is 9.38. The third-order valence-electron chi connectivity index (χ3n) is 6.95. The van der Waals surface area contributed by atoms with Crippen LogP contribution in [0.4, 0.5) is 0 Å². The van der Waals surface area contributed by atoms with Crippen LogP contribution < -0.4 is 0 Å². The Bertz CT molecular complexity index is 499. The van der Waals surface area contributed by atoms with Crippen molar-refractivity contribution in [3.63, 3.8) is 0 Å². The Morgan fingerprint density at radius 1 is 1.17 bits per heavy atom. The number of rotatable bonds is 1. The number of hydrogen-bond acceptors (Lipinski definition) is 3. The molecule has 138 valence electrons. The SMILES string of the molecule is C/C1=C\C[C@@]2(C(C)C)CC[C@@](C)(CC3CC[C@@](C)(O3)[C@@H](O)CC1)O2. The molecule has 0 saturated carbocycles. The normalized spacial score (nSPS) is 49.2. The van der Waals surface area contributed by atoms with E-state index in [-0.39, 0.29) is 29.0 Å². The zero-order valence-corrected chi connectivity index (χ0v) is 16.2. The molecule has 1 unspecified atom stereocenters. The molecule has 0 aromatic carbocycles. The fourth-order valence-corrected chi connectivity index (χ4v) is 4.93. The summed E-state index contributed by atoms with van der Waals surface area (Å²) in [6.45, 7) is 11.1. The van der Waals surface area contributed by atoms with Crippen molar-refractivity contribution in [2.45, 2.75) is 115 Å². The van der Waals surface area contributed by atoms with Crippen molar-refractivity contribution in [3.05, 3.63) is 11.6 Å². The van der Waals surface area contributed by atoms with E-state index in [1.165, 1.54) is 5.57 Å². The third kappa shape index (κ3) is 3.45. The van der Waals surface area contributed by atoms with Gasteiger partial charge in [0.05, 0.1) is 29.0 Å². The van der Waals surface area contributed by atoms with Crippen molar-refractivity contribution in [1.29, 1.82) is 0 Å². The summed E-state index contributed by atoms with van der Waals surface area (Å²) in [5.41, 5.74) is 0.845. The molecule has 4 bridgehead atoms. The molecule has 0 aliphatic carbocycles. The van der Waals surface area contributed by atoms with Gasteiger partial charge in [-0.1, -0.05) is 25.5 Å². The van der Waals surface area contributed by atoms with E-state index in [1.54, 1.807) is 0 Å². The predicted octanol–water partition coefficient (Wildman–Crippen LogP) is 4.77. The molecule has 3 heteroatoms. The van der Waals surface area contributed by atoms with Gasteiger partial charge in [-0.3, -0.25) is 0 Å². The van der Waals surface area contributed by atoms with Gasteiger partial charge in [-0.25, -0.2) is 0 Å². The lowest BCUT2D eigenvalue weighted by molar-refractivity contribution is -0.152. The first kappa shape index (κ1) is 18.4. The predicted molar refractivity (Wildman–Crippen MR) is 97.0 cm³/mol. The smallest absolute Gasteiger partial charge is 0.0917 e. The molecule has 5 atom stereocenters. The zero-order chi connectivity index (χ0) is 17.6. The van der Waals surface area contributed by atoms with Gasteiger partial charge >= 0.3 is 0 Å². The molecule has 2 fully saturated rings. The topological polar surface area (TPSA) is 38.7 Å². The zero-order valence-electron chi connectivity index (χ0n) is 16.2. The molecule has 3 rings (SSSR count). The van der Waals surface area contributed by atoms with E-state index < -0.39 is 0 Å². The van der Waals surface area contributed by atoms with E-state index in [0.717, 1.165) is 51.4 Å². The van der Waals surface area contributed by atoms with Gasteiger partial charge in [-0.15, -0.1) is 0 Å². The highest BCUT2D eigenvalue weighted by molar-refractivity contribution is 5.08. The van der Waals surface area contributed by atoms with E-state index in [2.05, 4.69) is 40.7 Å². The second-order valence-corrected chi connectivity index (χ2v) is 9.38. The molecule has 1 N–H and O–H groups in total. The number of aliphatic hydroxyl groups is 1. The highest BCUT2D eigenvalue weighted by Crippen LogP contribution is 2.49. The lowest BCUT2D eigenvalue weighted by Crippen LogP contribution is -2.41. The molecule has 3 nitrogen and oxygen atoms in total. The van der Waals surface area contributed by atoms with Crippen molar-refractivity contribution in [2.75, 3.05) is 0 Å². The summed E-state index contributed by atoms with van der Waals surface area (Å²) in [5, 5.41) is 10.7. The van der Waals surface area contributed by atoms with Crippen LogP contribution in [0.1, 0.15) is 86.0 Å². The highest BCUT2D eigenvalue weighted by Gasteiger charge is 2.51. The maximum absolute atomic E-state index is 10.7. The Hall–Kier alpha value is -0.380. The maximum Gasteiger partial charge on any atom is 0.0917 e. The van der Waals surface area contributed by atoms with Crippen LogP contribution in [0, 0.1) is 5.92 Å². The van der Waals surface area contributed by atoms with Gasteiger partial charge in [0.2, 0.25) is 0 Å². The molecule has 0 aromatic rings. The third-order valence-corrected chi connectivity index (χ3v) is 6.95. The number of aliphatic hydroxyl groups excluding tert-OH is 1. The molecule has 24 heavy (non-hydrogen) atoms. The van der Waals surface area contributed by atoms with E-state index in [0.29, 0.717) is 5.92 Å². The van der Waals surface area contributed by atoms with Crippen LogP contribution in [0.5, 0.6) is 0 Å². The van der Waals surface area contributed by atoms with Crippen LogP contribution in [0.3, 0.4) is 0 Å². The molecule has 0 radical (unpaired) electrons. The summed E-state index contributed by atoms with van der Waals surface area (Å²) >= 11 is 0. The summed E-state index contributed by atoms with van der Waals surface area (Å²) in [6.07, 6.45) is 10.1. The van der Waals surface area contributed by atoms with Crippen molar-refractivity contribution in [1.82, 2.24) is 0 Å². The van der Waals surface area contributed by atoms with E-state index >= 15 is 0 Å². The van der Waals surface area contributed by atoms with Gasteiger partial charge in [-0.2, -0.15) is 0 Å². The highest BCUT2D eigenvalue weighted by atomic mass is 16.5. The van der Waals surface area contributed by atoms with Crippen molar-refractivity contribution < 1.29 is 14.6 Å². The first-order valence-corrected chi connectivity index (χ1v) is 9.88. The van der Waals surface area contributed by atoms with Gasteiger partial charge < -0.3 is 14.6 Å². The molecule has 2 saturated heterocycles. The number of fused-ring (bicyclic) bond motifs is 4. The van der Waals surface area contributed by atoms with E-state index in [1.807, 2.05) is 0 Å². The second kappa shape index (κ2) is 6.41. The molecular weight excluding hydrogens is 300 g/mol. The van der Waals surface area contributed by atoms with Crippen LogP contribution in [-0.4, -0.2) is 34.1 Å². The lowest BCUT2D eigenvalue weighted by atomic mass is 9.83. The molecular formula is C21H36O3. The summed E-state index contributed by atoms with van der Waals surface area (Å²) in [5.74, 6) is 0.508. The van der Waals surface area contributed by atoms with Crippen LogP contribution in [-0.2, 0) is 9.47 Å². The van der Waals surface area contributed by atoms with Gasteiger partial charge in [0.15, 0.2) is 0 Å². The maximum atomic E-state index is 10.7. The van der Waals surface area contributed by atoms with E-state index in [4.69, 9.17) is 9.47 Å². The Morgan fingerprint density at radius 2 is 1.92 bits per heavy atom. The van der Waals surface area contributed by atoms with Crippen molar-refractivity contribution in [2.24, 2.45) is 5.92 Å². The molecule has 3 aliphatic rings. The number of allylic oxidation sites excluding steroid dienone is 1. The minimum atomic E-state index is -0.386. The van der Waals surface area contributed by atoms with E-state index in [9.17, 15) is 5.11 Å². The molecule has 0 aromatic heterocycles. The number of ether oxygens (including phenoxy) is 2. The molecule has 0 amide bonds. The van der Waals surface area contributed by atoms with Crippen molar-refractivity contribution >= 4 is 0 Å². The van der Waals surface area contributed by atoms with Gasteiger partial charge in [0.1, 0.15) is 0 Å². The van der Waals surface area contributed by atoms with Gasteiger partial charge in [0, 0.05) is 6.42 Å². The lowest BCUT2D eigenvalue weighted by Gasteiger charge is -2.37. The average Bonchev–Trinajstić information content (AvgIpc) is 3.05. The quantitative estimate of drug-likeness (QED) is 0.701. The Morgan fingerprint density at radius 3 is 2.62 bits per heavy atom. The summed E-state index contributed by atoms with van der Waals surface area (Å²) in [6, 6.07) is 0. The molecule has 0 spiro atoms. The van der Waals surface area contributed by atoms with Crippen LogP contribution in [0.15, 0.2) is 11.6 Å². The van der Waals surface area contributed by atoms with Crippen LogP contribution in [0.25, 0.3) is 0 Å². The number of hydrogen-bond donors (Lipinski definition) is 1. The van der Waals surface area contributed by atoms with Crippen LogP contribution >= 0.6 is 0 Å². The standard InChI is InChI=1S/C21H36O3/c1-15(2)21-11-8-16(3)6-7-18(22)20(5)10-9-17(23-20)14-19(4,24-21)12-13-21/h8,15,17-18,22H,6-7,9-14H2,1-5H3/b16-8+/t17?,18-,19-,20+,21-/m0/s1. The first-order valence-electron chi connectivity index (χ1n) is 9.88. The summed E-state index contributed by atoms with van der Waals surface area (Å²) in [4.78, 5) is 0. The Kier molecular flexibility index (Phi) is 4.92. The molecule has 3 heterocycles. The summed E-state index contributed by atoms with van der Waals surface area (Å²) < 4.78 is 13.2. The van der Waals surface area contributed by atoms with Crippen molar-refractivity contribution in [3.8, 4) is 0 Å². The fourth-order valence-electron chi connectivity index (χ4n) is 4.93.